The lowest BCUT2D eigenvalue weighted by molar-refractivity contribution is -0.162. The average molecular weight is 480 g/mol. The summed E-state index contributed by atoms with van der Waals surface area (Å²) in [6.07, 6.45) is 6.55. The Morgan fingerprint density at radius 1 is 1.27 bits per heavy atom. The predicted octanol–water partition coefficient (Wildman–Crippen LogP) is 2.48. The van der Waals surface area contributed by atoms with E-state index in [1.807, 2.05) is 6.92 Å². The fourth-order valence-corrected chi connectivity index (χ4v) is 4.42. The van der Waals surface area contributed by atoms with E-state index in [9.17, 15) is 4.79 Å². The number of nitrogens with two attached hydrogens (primary N) is 1. The van der Waals surface area contributed by atoms with E-state index in [2.05, 4.69) is 12.2 Å². The van der Waals surface area contributed by atoms with E-state index >= 15 is 0 Å². The van der Waals surface area contributed by atoms with Crippen LogP contribution < -0.4 is 11.1 Å². The Balaban J connectivity index is 0.00000243. The number of piperidine rings is 1. The van der Waals surface area contributed by atoms with Gasteiger partial charge in [0.25, 0.3) is 0 Å². The molecule has 1 spiro atoms. The molecule has 1 aliphatic heterocycles. The lowest BCUT2D eigenvalue weighted by atomic mass is 9.51. The molecule has 8 heteroatoms. The Bertz CT molecular complexity index is 505. The highest BCUT2D eigenvalue weighted by atomic mass is 127. The number of nitrogens with one attached hydrogen (secondary N) is 1. The minimum absolute atomic E-state index is 0. The highest BCUT2D eigenvalue weighted by molar-refractivity contribution is 14.0. The molecule has 1 saturated heterocycles. The Morgan fingerprint density at radius 3 is 2.50 bits per heavy atom. The maximum atomic E-state index is 11.7. The maximum Gasteiger partial charge on any atom is 0.409 e. The molecule has 3 aliphatic rings. The van der Waals surface area contributed by atoms with Crippen LogP contribution in [0.25, 0.3) is 0 Å². The molecule has 2 saturated carbocycles. The van der Waals surface area contributed by atoms with Crippen LogP contribution >= 0.6 is 24.0 Å². The van der Waals surface area contributed by atoms with Crippen molar-refractivity contribution in [2.45, 2.75) is 70.6 Å². The maximum absolute atomic E-state index is 11.7. The molecule has 0 bridgehead atoms. The van der Waals surface area contributed by atoms with Gasteiger partial charge < -0.3 is 25.4 Å². The molecule has 3 N–H and O–H groups in total. The van der Waals surface area contributed by atoms with E-state index in [1.54, 1.807) is 4.90 Å². The number of aliphatic imine (C=N–C) groups is 1. The Morgan fingerprint density at radius 2 is 1.96 bits per heavy atom. The second-order valence-electron chi connectivity index (χ2n) is 7.40. The molecule has 0 aromatic heterocycles. The molecule has 2 atom stereocenters. The summed E-state index contributed by atoms with van der Waals surface area (Å²) in [4.78, 5) is 18.3. The second-order valence-corrected chi connectivity index (χ2v) is 7.40. The van der Waals surface area contributed by atoms with Crippen LogP contribution in [-0.4, -0.2) is 61.4 Å². The largest absolute Gasteiger partial charge is 0.450 e. The van der Waals surface area contributed by atoms with E-state index in [-0.39, 0.29) is 41.5 Å². The molecule has 26 heavy (non-hydrogen) atoms. The summed E-state index contributed by atoms with van der Waals surface area (Å²) in [5.41, 5.74) is 6.41. The molecule has 0 aromatic rings. The third kappa shape index (κ3) is 4.37. The van der Waals surface area contributed by atoms with Crippen LogP contribution in [0.1, 0.15) is 52.4 Å². The molecule has 1 heterocycles. The molecule has 0 radical (unpaired) electrons. The molecule has 2 unspecified atom stereocenters. The lowest BCUT2D eigenvalue weighted by Gasteiger charge is -2.59. The topological polar surface area (TPSA) is 89.2 Å². The number of likely N-dealkylation sites (tertiary alicyclic amines) is 1. The van der Waals surface area contributed by atoms with Crippen molar-refractivity contribution in [3.8, 4) is 0 Å². The van der Waals surface area contributed by atoms with Gasteiger partial charge in [0.15, 0.2) is 5.96 Å². The van der Waals surface area contributed by atoms with Crippen molar-refractivity contribution < 1.29 is 14.3 Å². The molecule has 0 aromatic carbocycles. The normalized spacial score (nSPS) is 27.9. The monoisotopic (exact) mass is 480 g/mol. The van der Waals surface area contributed by atoms with Gasteiger partial charge in [-0.15, -0.1) is 24.0 Å². The number of nitrogens with zero attached hydrogens (tertiary/aromatic N) is 2. The number of halogens is 1. The molecular formula is C18H33IN4O3. The fraction of sp³-hybridized carbons (Fsp3) is 0.889. The number of hydrogen-bond acceptors (Lipinski definition) is 4. The highest BCUT2D eigenvalue weighted by Gasteiger charge is 2.59. The first-order valence-electron chi connectivity index (χ1n) is 9.72. The first-order chi connectivity index (χ1) is 12.1. The number of carbonyl (C=O) groups is 1. The summed E-state index contributed by atoms with van der Waals surface area (Å²) >= 11 is 0. The quantitative estimate of drug-likeness (QED) is 0.359. The highest BCUT2D eigenvalue weighted by Crippen LogP contribution is 2.58. The van der Waals surface area contributed by atoms with Crippen molar-refractivity contribution in [3.05, 3.63) is 0 Å². The zero-order valence-corrected chi connectivity index (χ0v) is 18.2. The number of rotatable bonds is 5. The van der Waals surface area contributed by atoms with Gasteiger partial charge in [0.05, 0.1) is 18.8 Å². The van der Waals surface area contributed by atoms with Gasteiger partial charge in [0.1, 0.15) is 0 Å². The fourth-order valence-electron chi connectivity index (χ4n) is 4.42. The minimum atomic E-state index is -0.217. The number of amides is 1. The molecule has 1 amide bonds. The SMILES string of the molecule is CCOC(=O)N1CCC(NC(N)=NC2CC(OCC)C23CCC3)CC1.I. The van der Waals surface area contributed by atoms with Crippen molar-refractivity contribution in [3.63, 3.8) is 0 Å². The van der Waals surface area contributed by atoms with E-state index in [1.165, 1.54) is 19.3 Å². The van der Waals surface area contributed by atoms with Gasteiger partial charge in [-0.1, -0.05) is 6.42 Å². The van der Waals surface area contributed by atoms with Crippen LogP contribution in [0.5, 0.6) is 0 Å². The van der Waals surface area contributed by atoms with Crippen molar-refractivity contribution in [1.29, 1.82) is 0 Å². The molecular weight excluding hydrogens is 447 g/mol. The Kier molecular flexibility index (Phi) is 7.81. The van der Waals surface area contributed by atoms with Gasteiger partial charge in [-0.2, -0.15) is 0 Å². The van der Waals surface area contributed by atoms with Gasteiger partial charge in [0, 0.05) is 31.2 Å². The van der Waals surface area contributed by atoms with Gasteiger partial charge in [-0.05, 0) is 46.0 Å². The number of ether oxygens (including phenoxy) is 2. The zero-order valence-electron chi connectivity index (χ0n) is 15.9. The summed E-state index contributed by atoms with van der Waals surface area (Å²) < 4.78 is 10.9. The Hall–Kier alpha value is -0.770. The van der Waals surface area contributed by atoms with E-state index in [0.29, 0.717) is 37.8 Å². The van der Waals surface area contributed by atoms with Crippen LogP contribution in [0.4, 0.5) is 4.79 Å². The van der Waals surface area contributed by atoms with Crippen molar-refractivity contribution in [2.24, 2.45) is 16.1 Å². The van der Waals surface area contributed by atoms with E-state index in [4.69, 9.17) is 20.2 Å². The number of guanidine groups is 1. The van der Waals surface area contributed by atoms with Crippen molar-refractivity contribution in [1.82, 2.24) is 10.2 Å². The van der Waals surface area contributed by atoms with Crippen molar-refractivity contribution >= 4 is 36.0 Å². The van der Waals surface area contributed by atoms with Gasteiger partial charge in [-0.25, -0.2) is 9.79 Å². The summed E-state index contributed by atoms with van der Waals surface area (Å²) in [5, 5.41) is 3.35. The van der Waals surface area contributed by atoms with Gasteiger partial charge in [-0.3, -0.25) is 0 Å². The van der Waals surface area contributed by atoms with Crippen LogP contribution in [0.2, 0.25) is 0 Å². The molecule has 7 nitrogen and oxygen atoms in total. The third-order valence-corrected chi connectivity index (χ3v) is 6.06. The van der Waals surface area contributed by atoms with Crippen LogP contribution in [0.3, 0.4) is 0 Å². The zero-order chi connectivity index (χ0) is 17.9. The number of carbonyl (C=O) groups excluding carboxylic acids is 1. The molecule has 3 fully saturated rings. The minimum Gasteiger partial charge on any atom is -0.450 e. The predicted molar refractivity (Wildman–Crippen MR) is 112 cm³/mol. The smallest absolute Gasteiger partial charge is 0.409 e. The van der Waals surface area contributed by atoms with Gasteiger partial charge in [0.2, 0.25) is 0 Å². The van der Waals surface area contributed by atoms with Crippen LogP contribution in [-0.2, 0) is 9.47 Å². The first kappa shape index (κ1) is 21.5. The van der Waals surface area contributed by atoms with E-state index < -0.39 is 0 Å². The molecule has 3 rings (SSSR count). The first-order valence-corrected chi connectivity index (χ1v) is 9.72. The van der Waals surface area contributed by atoms with Crippen molar-refractivity contribution in [2.75, 3.05) is 26.3 Å². The lowest BCUT2D eigenvalue weighted by Crippen LogP contribution is -2.62. The third-order valence-electron chi connectivity index (χ3n) is 6.06. The number of hydrogen-bond donors (Lipinski definition) is 2. The van der Waals surface area contributed by atoms with Crippen LogP contribution in [0, 0.1) is 5.41 Å². The average Bonchev–Trinajstić information content (AvgIpc) is 2.53. The van der Waals surface area contributed by atoms with E-state index in [0.717, 1.165) is 25.9 Å². The summed E-state index contributed by atoms with van der Waals surface area (Å²) in [6.45, 7) is 6.47. The Labute approximate surface area is 173 Å². The standard InChI is InChI=1S/C18H32N4O3.HI/c1-3-24-15-12-14(18(15)8-5-9-18)21-16(19)20-13-6-10-22(11-7-13)17(23)25-4-2;/h13-15H,3-12H2,1-2H3,(H3,19,20,21);1H. The summed E-state index contributed by atoms with van der Waals surface area (Å²) in [5.74, 6) is 0.542. The molecule has 150 valence electrons. The summed E-state index contributed by atoms with van der Waals surface area (Å²) in [6, 6.07) is 0.569. The summed E-state index contributed by atoms with van der Waals surface area (Å²) in [7, 11) is 0. The second kappa shape index (κ2) is 9.43. The van der Waals surface area contributed by atoms with Crippen LogP contribution in [0.15, 0.2) is 4.99 Å². The molecule has 2 aliphatic carbocycles. The van der Waals surface area contributed by atoms with Gasteiger partial charge >= 0.3 is 6.09 Å².